The van der Waals surface area contributed by atoms with Crippen LogP contribution in [0, 0.1) is 5.82 Å². The summed E-state index contributed by atoms with van der Waals surface area (Å²) < 4.78 is 20.5. The van der Waals surface area contributed by atoms with Crippen LogP contribution in [0.1, 0.15) is 10.5 Å². The fourth-order valence-corrected chi connectivity index (χ4v) is 3.39. The Kier molecular flexibility index (Phi) is 5.02. The predicted octanol–water partition coefficient (Wildman–Crippen LogP) is 3.90. The highest BCUT2D eigenvalue weighted by molar-refractivity contribution is 6.04. The van der Waals surface area contributed by atoms with Crippen LogP contribution in [0.2, 0.25) is 0 Å². The van der Waals surface area contributed by atoms with Gasteiger partial charge in [0.15, 0.2) is 5.65 Å². The van der Waals surface area contributed by atoms with Gasteiger partial charge in [-0.2, -0.15) is 0 Å². The van der Waals surface area contributed by atoms with Crippen molar-refractivity contribution in [2.45, 2.75) is 0 Å². The molecular weight excluding hydrogens is 425 g/mol. The first-order chi connectivity index (χ1) is 16.0. The van der Waals surface area contributed by atoms with Crippen molar-refractivity contribution in [1.82, 2.24) is 24.6 Å². The Hall–Kier alpha value is -4.60. The lowest BCUT2D eigenvalue weighted by molar-refractivity contribution is 0.0988. The van der Waals surface area contributed by atoms with Gasteiger partial charge in [-0.25, -0.2) is 14.4 Å². The quantitative estimate of drug-likeness (QED) is 0.440. The molecular formula is C23H18FN7O2. The number of nitrogens with one attached hydrogen (secondary N) is 1. The van der Waals surface area contributed by atoms with E-state index in [0.717, 1.165) is 16.8 Å². The molecule has 0 aliphatic heterocycles. The molecule has 0 spiro atoms. The number of imidazole rings is 1. The smallest absolute Gasteiger partial charge is 0.315 e. The van der Waals surface area contributed by atoms with Crippen molar-refractivity contribution >= 4 is 23.3 Å². The van der Waals surface area contributed by atoms with Crippen molar-refractivity contribution in [3.8, 4) is 22.7 Å². The van der Waals surface area contributed by atoms with Crippen molar-refractivity contribution in [3.05, 3.63) is 78.6 Å². The molecule has 10 heteroatoms. The van der Waals surface area contributed by atoms with Gasteiger partial charge in [0, 0.05) is 37.1 Å². The van der Waals surface area contributed by atoms with Gasteiger partial charge < -0.3 is 14.6 Å². The number of amides is 1. The lowest BCUT2D eigenvalue weighted by atomic mass is 10.1. The third-order valence-corrected chi connectivity index (χ3v) is 5.20. The van der Waals surface area contributed by atoms with Crippen molar-refractivity contribution in [3.63, 3.8) is 0 Å². The number of benzene rings is 2. The summed E-state index contributed by atoms with van der Waals surface area (Å²) in [5, 5.41) is 10.7. The van der Waals surface area contributed by atoms with Crippen LogP contribution in [-0.4, -0.2) is 44.6 Å². The fourth-order valence-electron chi connectivity index (χ4n) is 3.39. The second-order valence-electron chi connectivity index (χ2n) is 7.22. The Labute approximate surface area is 187 Å². The highest BCUT2D eigenvalue weighted by Crippen LogP contribution is 2.26. The first-order valence-corrected chi connectivity index (χ1v) is 10.0. The van der Waals surface area contributed by atoms with Gasteiger partial charge in [-0.15, -0.1) is 5.10 Å². The third kappa shape index (κ3) is 3.78. The molecule has 33 heavy (non-hydrogen) atoms. The van der Waals surface area contributed by atoms with Gasteiger partial charge in [0.2, 0.25) is 5.89 Å². The summed E-state index contributed by atoms with van der Waals surface area (Å²) in [7, 11) is 3.32. The summed E-state index contributed by atoms with van der Waals surface area (Å²) in [4.78, 5) is 23.0. The van der Waals surface area contributed by atoms with Crippen LogP contribution in [0.15, 0.2) is 71.5 Å². The number of anilines is 2. The van der Waals surface area contributed by atoms with Gasteiger partial charge in [0.05, 0.1) is 18.1 Å². The zero-order valence-corrected chi connectivity index (χ0v) is 17.7. The summed E-state index contributed by atoms with van der Waals surface area (Å²) in [6, 6.07) is 13.6. The van der Waals surface area contributed by atoms with E-state index in [1.54, 1.807) is 49.2 Å². The average molecular weight is 443 g/mol. The molecule has 5 aromatic rings. The van der Waals surface area contributed by atoms with Gasteiger partial charge in [0.1, 0.15) is 11.5 Å². The van der Waals surface area contributed by atoms with Crippen LogP contribution in [0.4, 0.5) is 16.1 Å². The second-order valence-corrected chi connectivity index (χ2v) is 7.22. The lowest BCUT2D eigenvalue weighted by Crippen LogP contribution is -2.27. The molecule has 0 saturated carbocycles. The molecule has 3 aromatic heterocycles. The molecule has 0 radical (unpaired) electrons. The van der Waals surface area contributed by atoms with Crippen molar-refractivity contribution in [1.29, 1.82) is 0 Å². The molecule has 2 aromatic carbocycles. The summed E-state index contributed by atoms with van der Waals surface area (Å²) >= 11 is 0. The first kappa shape index (κ1) is 20.3. The number of rotatable bonds is 5. The normalized spacial score (nSPS) is 11.0. The topological polar surface area (TPSA) is 101 Å². The predicted molar refractivity (Wildman–Crippen MR) is 120 cm³/mol. The number of carbonyl (C=O) groups is 1. The number of fused-ring (bicyclic) bond motifs is 1. The third-order valence-electron chi connectivity index (χ3n) is 5.20. The molecule has 1 N–H and O–H groups in total. The van der Waals surface area contributed by atoms with E-state index in [-0.39, 0.29) is 17.4 Å². The van der Waals surface area contributed by atoms with Gasteiger partial charge >= 0.3 is 6.01 Å². The van der Waals surface area contributed by atoms with Gasteiger partial charge in [-0.3, -0.25) is 9.20 Å². The van der Waals surface area contributed by atoms with E-state index in [2.05, 4.69) is 25.5 Å². The lowest BCUT2D eigenvalue weighted by Gasteiger charge is -2.17. The van der Waals surface area contributed by atoms with Crippen LogP contribution in [0.25, 0.3) is 28.4 Å². The molecule has 1 amide bonds. The monoisotopic (exact) mass is 443 g/mol. The number of nitrogens with zero attached hydrogens (tertiary/aromatic N) is 6. The summed E-state index contributed by atoms with van der Waals surface area (Å²) in [5.74, 6) is -0.282. The molecule has 3 heterocycles. The number of carbonyl (C=O) groups excluding carboxylic acids is 1. The summed E-state index contributed by atoms with van der Waals surface area (Å²) in [6.07, 6.45) is 4.90. The van der Waals surface area contributed by atoms with E-state index in [1.807, 2.05) is 24.3 Å². The van der Waals surface area contributed by atoms with Gasteiger partial charge in [-0.05, 0) is 36.4 Å². The SMILES string of the molecule is CNc1nnc(-c2ccc(-c3cnc4cnc(C(=O)N(C)c5ccc(F)cc5)cn34)cc2)o1. The second kappa shape index (κ2) is 8.15. The Morgan fingerprint density at radius 3 is 2.42 bits per heavy atom. The minimum Gasteiger partial charge on any atom is -0.403 e. The Balaban J connectivity index is 1.45. The minimum atomic E-state index is -0.366. The zero-order valence-electron chi connectivity index (χ0n) is 17.7. The molecule has 0 unspecified atom stereocenters. The average Bonchev–Trinajstić information content (AvgIpc) is 3.50. The van der Waals surface area contributed by atoms with Crippen LogP contribution < -0.4 is 10.2 Å². The molecule has 0 aliphatic carbocycles. The van der Waals surface area contributed by atoms with Crippen molar-refractivity contribution in [2.24, 2.45) is 0 Å². The summed E-state index contributed by atoms with van der Waals surface area (Å²) in [6.45, 7) is 0. The molecule has 0 aliphatic rings. The molecule has 5 rings (SSSR count). The highest BCUT2D eigenvalue weighted by atomic mass is 19.1. The molecule has 0 bridgehead atoms. The van der Waals surface area contributed by atoms with E-state index in [4.69, 9.17) is 4.42 Å². The van der Waals surface area contributed by atoms with Crippen LogP contribution in [0.5, 0.6) is 0 Å². The van der Waals surface area contributed by atoms with E-state index in [9.17, 15) is 9.18 Å². The van der Waals surface area contributed by atoms with E-state index in [1.165, 1.54) is 17.0 Å². The zero-order chi connectivity index (χ0) is 22.9. The van der Waals surface area contributed by atoms with Gasteiger partial charge in [0.25, 0.3) is 5.91 Å². The van der Waals surface area contributed by atoms with E-state index < -0.39 is 0 Å². The molecule has 0 atom stereocenters. The number of hydrogen-bond acceptors (Lipinski definition) is 7. The molecule has 164 valence electrons. The molecule has 0 fully saturated rings. The van der Waals surface area contributed by atoms with E-state index >= 15 is 0 Å². The first-order valence-electron chi connectivity index (χ1n) is 10.0. The van der Waals surface area contributed by atoms with Crippen LogP contribution in [-0.2, 0) is 0 Å². The van der Waals surface area contributed by atoms with Crippen molar-refractivity contribution in [2.75, 3.05) is 24.3 Å². The maximum absolute atomic E-state index is 13.2. The minimum absolute atomic E-state index is 0.232. The molecule has 0 saturated heterocycles. The molecule has 9 nitrogen and oxygen atoms in total. The number of halogens is 1. The summed E-state index contributed by atoms with van der Waals surface area (Å²) in [5.41, 5.74) is 3.85. The highest BCUT2D eigenvalue weighted by Gasteiger charge is 2.17. The maximum atomic E-state index is 13.2. The number of hydrogen-bond donors (Lipinski definition) is 1. The standard InChI is InChI=1S/C23H18FN7O2/c1-25-23-29-28-21(33-23)15-5-3-14(4-6-15)19-11-27-20-12-26-18(13-31(19)20)22(32)30(2)17-9-7-16(24)8-10-17/h3-13H,1-2H3,(H,25,29). The fraction of sp³-hybridized carbons (Fsp3) is 0.0870. The van der Waals surface area contributed by atoms with E-state index in [0.29, 0.717) is 23.2 Å². The Morgan fingerprint density at radius 1 is 1.00 bits per heavy atom. The Bertz CT molecular complexity index is 1440. The maximum Gasteiger partial charge on any atom is 0.315 e. The Morgan fingerprint density at radius 2 is 1.73 bits per heavy atom. The van der Waals surface area contributed by atoms with Crippen molar-refractivity contribution < 1.29 is 13.6 Å². The van der Waals surface area contributed by atoms with Gasteiger partial charge in [-0.1, -0.05) is 17.2 Å². The van der Waals surface area contributed by atoms with Crippen LogP contribution in [0.3, 0.4) is 0 Å². The largest absolute Gasteiger partial charge is 0.403 e. The van der Waals surface area contributed by atoms with Crippen LogP contribution >= 0.6 is 0 Å². The number of aromatic nitrogens is 5.